The predicted molar refractivity (Wildman–Crippen MR) is 63.3 cm³/mol. The van der Waals surface area contributed by atoms with Gasteiger partial charge in [-0.25, -0.2) is 0 Å². The first-order valence-corrected chi connectivity index (χ1v) is 5.67. The summed E-state index contributed by atoms with van der Waals surface area (Å²) in [5.74, 6) is 0.0406. The number of hydrogen-bond donors (Lipinski definition) is 0. The summed E-state index contributed by atoms with van der Waals surface area (Å²) >= 11 is 9.09. The summed E-state index contributed by atoms with van der Waals surface area (Å²) in [4.78, 5) is 10.8. The third-order valence-electron chi connectivity index (χ3n) is 2.03. The average Bonchev–Trinajstić information content (AvgIpc) is 2.18. The molecule has 0 aliphatic heterocycles. The molecule has 0 aliphatic rings. The minimum absolute atomic E-state index is 0.0406. The number of nitriles is 1. The molecule has 1 unspecified atom stereocenters. The van der Waals surface area contributed by atoms with E-state index in [4.69, 9.17) is 16.9 Å². The van der Waals surface area contributed by atoms with Gasteiger partial charge in [0.1, 0.15) is 5.78 Å². The molecule has 15 heavy (non-hydrogen) atoms. The van der Waals surface area contributed by atoms with Crippen molar-refractivity contribution >= 4 is 33.3 Å². The highest BCUT2D eigenvalue weighted by atomic mass is 79.9. The van der Waals surface area contributed by atoms with Crippen molar-refractivity contribution in [2.45, 2.75) is 18.2 Å². The highest BCUT2D eigenvalue weighted by molar-refractivity contribution is 9.10. The Morgan fingerprint density at radius 3 is 2.87 bits per heavy atom. The molecule has 0 bridgehead atoms. The van der Waals surface area contributed by atoms with Crippen LogP contribution in [0, 0.1) is 11.3 Å². The van der Waals surface area contributed by atoms with Crippen LogP contribution in [0.5, 0.6) is 0 Å². The molecule has 0 saturated heterocycles. The van der Waals surface area contributed by atoms with Gasteiger partial charge in [0, 0.05) is 5.02 Å². The second-order valence-electron chi connectivity index (χ2n) is 3.20. The molecular weight excluding hydrogens is 277 g/mol. The first kappa shape index (κ1) is 12.2. The molecule has 0 saturated carbocycles. The molecule has 1 rings (SSSR count). The number of carbonyl (C=O) groups excluding carboxylic acids is 1. The molecule has 2 nitrogen and oxygen atoms in total. The zero-order chi connectivity index (χ0) is 11.4. The second kappa shape index (κ2) is 5.29. The number of ketones is 1. The van der Waals surface area contributed by atoms with Crippen molar-refractivity contribution in [2.24, 2.45) is 0 Å². The Morgan fingerprint density at radius 2 is 2.33 bits per heavy atom. The molecular formula is C11H9BrClNO. The summed E-state index contributed by atoms with van der Waals surface area (Å²) in [6.45, 7) is 1.51. The lowest BCUT2D eigenvalue weighted by atomic mass is 10.0. The van der Waals surface area contributed by atoms with Gasteiger partial charge >= 0.3 is 0 Å². The first-order valence-electron chi connectivity index (χ1n) is 4.37. The maximum absolute atomic E-state index is 11.1. The molecule has 1 aromatic rings. The summed E-state index contributed by atoms with van der Waals surface area (Å²) in [5, 5.41) is 9.44. The molecule has 0 N–H and O–H groups in total. The number of alkyl halides is 1. The maximum atomic E-state index is 11.1. The van der Waals surface area contributed by atoms with Crippen molar-refractivity contribution < 1.29 is 4.79 Å². The Balaban J connectivity index is 2.98. The average molecular weight is 287 g/mol. The van der Waals surface area contributed by atoms with Crippen LogP contribution < -0.4 is 0 Å². The molecule has 0 heterocycles. The van der Waals surface area contributed by atoms with Gasteiger partial charge in [-0.1, -0.05) is 27.5 Å². The van der Waals surface area contributed by atoms with Crippen LogP contribution >= 0.6 is 27.5 Å². The SMILES string of the molecule is CC(=O)C(Br)Cc1cc(Cl)ccc1C#N. The van der Waals surface area contributed by atoms with E-state index in [1.165, 1.54) is 6.92 Å². The van der Waals surface area contributed by atoms with Crippen molar-refractivity contribution in [1.82, 2.24) is 0 Å². The Kier molecular flexibility index (Phi) is 4.31. The van der Waals surface area contributed by atoms with Gasteiger partial charge in [0.2, 0.25) is 0 Å². The predicted octanol–water partition coefficient (Wildman–Crippen LogP) is 3.11. The number of Topliss-reactive ketones (excluding diaryl/α,β-unsaturated/α-hetero) is 1. The minimum Gasteiger partial charge on any atom is -0.299 e. The second-order valence-corrected chi connectivity index (χ2v) is 4.74. The number of halogens is 2. The van der Waals surface area contributed by atoms with Crippen molar-refractivity contribution in [1.29, 1.82) is 5.26 Å². The van der Waals surface area contributed by atoms with Crippen LogP contribution in [0.4, 0.5) is 0 Å². The third kappa shape index (κ3) is 3.33. The third-order valence-corrected chi connectivity index (χ3v) is 3.23. The van der Waals surface area contributed by atoms with Gasteiger partial charge in [0.15, 0.2) is 0 Å². The number of hydrogen-bond acceptors (Lipinski definition) is 2. The van der Waals surface area contributed by atoms with Crippen LogP contribution in [0.3, 0.4) is 0 Å². The number of benzene rings is 1. The van der Waals surface area contributed by atoms with Crippen LogP contribution in [0.1, 0.15) is 18.1 Å². The number of nitrogens with zero attached hydrogens (tertiary/aromatic N) is 1. The normalized spacial score (nSPS) is 11.9. The fraction of sp³-hybridized carbons (Fsp3) is 0.273. The van der Waals surface area contributed by atoms with E-state index in [2.05, 4.69) is 22.0 Å². The summed E-state index contributed by atoms with van der Waals surface area (Å²) in [6.07, 6.45) is 0.485. The van der Waals surface area contributed by atoms with E-state index in [9.17, 15) is 4.79 Å². The molecule has 4 heteroatoms. The molecule has 0 aliphatic carbocycles. The van der Waals surface area contributed by atoms with E-state index in [0.29, 0.717) is 17.0 Å². The Bertz CT molecular complexity index is 425. The number of carbonyl (C=O) groups is 1. The summed E-state index contributed by atoms with van der Waals surface area (Å²) < 4.78 is 0. The van der Waals surface area contributed by atoms with Gasteiger partial charge in [-0.2, -0.15) is 5.26 Å². The van der Waals surface area contributed by atoms with Gasteiger partial charge in [-0.3, -0.25) is 4.79 Å². The molecule has 0 radical (unpaired) electrons. The van der Waals surface area contributed by atoms with Crippen molar-refractivity contribution in [2.75, 3.05) is 0 Å². The smallest absolute Gasteiger partial charge is 0.143 e. The van der Waals surface area contributed by atoms with E-state index in [-0.39, 0.29) is 10.6 Å². The lowest BCUT2D eigenvalue weighted by Gasteiger charge is -2.07. The van der Waals surface area contributed by atoms with E-state index >= 15 is 0 Å². The zero-order valence-electron chi connectivity index (χ0n) is 8.13. The molecule has 78 valence electrons. The standard InChI is InChI=1S/C11H9BrClNO/c1-7(15)11(12)5-9-4-10(13)3-2-8(9)6-14/h2-4,11H,5H2,1H3. The van der Waals surface area contributed by atoms with Gasteiger partial charge < -0.3 is 0 Å². The van der Waals surface area contributed by atoms with E-state index in [1.807, 2.05) is 0 Å². The van der Waals surface area contributed by atoms with Gasteiger partial charge in [0.05, 0.1) is 16.5 Å². The summed E-state index contributed by atoms with van der Waals surface area (Å²) in [7, 11) is 0. The van der Waals surface area contributed by atoms with Gasteiger partial charge in [-0.15, -0.1) is 0 Å². The largest absolute Gasteiger partial charge is 0.299 e. The Hall–Kier alpha value is -0.850. The highest BCUT2D eigenvalue weighted by Crippen LogP contribution is 2.19. The first-order chi connectivity index (χ1) is 7.04. The van der Waals surface area contributed by atoms with Crippen LogP contribution in [0.2, 0.25) is 5.02 Å². The summed E-state index contributed by atoms with van der Waals surface area (Å²) in [6, 6.07) is 7.13. The van der Waals surface area contributed by atoms with E-state index < -0.39 is 0 Å². The molecule has 1 aromatic carbocycles. The Labute approximate surface area is 102 Å². The number of rotatable bonds is 3. The van der Waals surface area contributed by atoms with Crippen LogP contribution in [0.25, 0.3) is 0 Å². The van der Waals surface area contributed by atoms with Gasteiger partial charge in [0.25, 0.3) is 0 Å². The molecule has 0 spiro atoms. The van der Waals surface area contributed by atoms with Crippen LogP contribution in [0.15, 0.2) is 18.2 Å². The van der Waals surface area contributed by atoms with Crippen LogP contribution in [-0.2, 0) is 11.2 Å². The van der Waals surface area contributed by atoms with Gasteiger partial charge in [-0.05, 0) is 37.1 Å². The fourth-order valence-electron chi connectivity index (χ4n) is 1.18. The van der Waals surface area contributed by atoms with E-state index in [1.54, 1.807) is 18.2 Å². The lowest BCUT2D eigenvalue weighted by Crippen LogP contribution is -2.13. The van der Waals surface area contributed by atoms with Crippen molar-refractivity contribution in [3.05, 3.63) is 34.3 Å². The fourth-order valence-corrected chi connectivity index (χ4v) is 1.72. The maximum Gasteiger partial charge on any atom is 0.143 e. The minimum atomic E-state index is -0.261. The highest BCUT2D eigenvalue weighted by Gasteiger charge is 2.13. The molecule has 1 atom stereocenters. The molecule has 0 aromatic heterocycles. The van der Waals surface area contributed by atoms with Crippen LogP contribution in [-0.4, -0.2) is 10.6 Å². The van der Waals surface area contributed by atoms with E-state index in [0.717, 1.165) is 5.56 Å². The quantitative estimate of drug-likeness (QED) is 0.801. The van der Waals surface area contributed by atoms with Crippen molar-refractivity contribution in [3.63, 3.8) is 0 Å². The lowest BCUT2D eigenvalue weighted by molar-refractivity contribution is -0.116. The summed E-state index contributed by atoms with van der Waals surface area (Å²) in [5.41, 5.74) is 1.35. The van der Waals surface area contributed by atoms with Crippen molar-refractivity contribution in [3.8, 4) is 6.07 Å². The molecule has 0 amide bonds. The monoisotopic (exact) mass is 285 g/mol. The Morgan fingerprint density at radius 1 is 1.67 bits per heavy atom. The zero-order valence-corrected chi connectivity index (χ0v) is 10.5. The molecule has 0 fully saturated rings. The topological polar surface area (TPSA) is 40.9 Å².